The van der Waals surface area contributed by atoms with E-state index >= 15 is 0 Å². The van der Waals surface area contributed by atoms with Gasteiger partial charge in [-0.1, -0.05) is 47.5 Å². The van der Waals surface area contributed by atoms with Crippen molar-refractivity contribution < 1.29 is 21.9 Å². The molecule has 0 amide bonds. The first kappa shape index (κ1) is 24.6. The monoisotopic (exact) mass is 516 g/mol. The normalized spacial score (nSPS) is 30.9. The van der Waals surface area contributed by atoms with Crippen molar-refractivity contribution in [1.82, 2.24) is 8.61 Å². The molecule has 2 aromatic carbocycles. The largest absolute Gasteiger partial charge is 0.393 e. The van der Waals surface area contributed by atoms with Crippen LogP contribution in [0, 0.1) is 37.5 Å². The van der Waals surface area contributed by atoms with Gasteiger partial charge in [-0.2, -0.15) is 8.61 Å². The highest BCUT2D eigenvalue weighted by Crippen LogP contribution is 2.40. The van der Waals surface area contributed by atoms with E-state index in [1.807, 2.05) is 19.9 Å². The summed E-state index contributed by atoms with van der Waals surface area (Å²) in [4.78, 5) is 0.556. The molecule has 0 aromatic heterocycles. The van der Waals surface area contributed by atoms with Crippen LogP contribution >= 0.6 is 0 Å². The second-order valence-electron chi connectivity index (χ2n) is 10.2. The maximum Gasteiger partial charge on any atom is 0.243 e. The van der Waals surface area contributed by atoms with Gasteiger partial charge in [0, 0.05) is 32.1 Å². The van der Waals surface area contributed by atoms with E-state index in [-0.39, 0.29) is 40.0 Å². The van der Waals surface area contributed by atoms with Crippen LogP contribution in [0.15, 0.2) is 70.5 Å². The Labute approximate surface area is 208 Å². The van der Waals surface area contributed by atoms with Crippen molar-refractivity contribution in [1.29, 1.82) is 0 Å². The highest BCUT2D eigenvalue weighted by atomic mass is 32.2. The number of hydrogen-bond donors (Lipinski definition) is 1. The van der Waals surface area contributed by atoms with Crippen molar-refractivity contribution in [2.24, 2.45) is 23.7 Å². The second-order valence-corrected chi connectivity index (χ2v) is 14.1. The van der Waals surface area contributed by atoms with E-state index < -0.39 is 26.2 Å². The summed E-state index contributed by atoms with van der Waals surface area (Å²) < 4.78 is 55.9. The molecule has 5 rings (SSSR count). The van der Waals surface area contributed by atoms with Gasteiger partial charge in [-0.3, -0.25) is 0 Å². The fourth-order valence-corrected chi connectivity index (χ4v) is 8.68. The van der Waals surface area contributed by atoms with Crippen LogP contribution in [0.5, 0.6) is 0 Å². The third kappa shape index (κ3) is 4.60. The van der Waals surface area contributed by atoms with Gasteiger partial charge >= 0.3 is 0 Å². The molecular formula is C26H32N2O5S2. The number of aliphatic hydroxyl groups excluding tert-OH is 1. The lowest BCUT2D eigenvalue weighted by molar-refractivity contribution is 0.0717. The number of nitrogens with zero attached hydrogens (tertiary/aromatic N) is 2. The predicted octanol–water partition coefficient (Wildman–Crippen LogP) is 2.80. The third-order valence-electron chi connectivity index (χ3n) is 7.80. The Hall–Kier alpha value is -2.04. The van der Waals surface area contributed by atoms with Gasteiger partial charge in [-0.25, -0.2) is 16.8 Å². The zero-order valence-corrected chi connectivity index (χ0v) is 21.6. The fourth-order valence-electron chi connectivity index (χ4n) is 5.63. The van der Waals surface area contributed by atoms with Gasteiger partial charge in [-0.15, -0.1) is 0 Å². The summed E-state index contributed by atoms with van der Waals surface area (Å²) in [7, 11) is -7.25. The minimum atomic E-state index is -3.64. The van der Waals surface area contributed by atoms with Gasteiger partial charge in [-0.05, 0) is 62.3 Å². The molecule has 1 aliphatic carbocycles. The molecule has 5 unspecified atom stereocenters. The van der Waals surface area contributed by atoms with Crippen molar-refractivity contribution >= 4 is 20.0 Å². The molecular weight excluding hydrogens is 484 g/mol. The molecule has 0 bridgehead atoms. The summed E-state index contributed by atoms with van der Waals surface area (Å²) in [5, 5.41) is 11.1. The smallest absolute Gasteiger partial charge is 0.243 e. The van der Waals surface area contributed by atoms with E-state index in [1.54, 1.807) is 48.5 Å². The van der Waals surface area contributed by atoms with Crippen LogP contribution in [0.1, 0.15) is 17.5 Å². The van der Waals surface area contributed by atoms with E-state index in [2.05, 4.69) is 6.08 Å². The minimum absolute atomic E-state index is 0.00595. The molecule has 1 N–H and O–H groups in total. The highest BCUT2D eigenvalue weighted by molar-refractivity contribution is 7.89. The van der Waals surface area contributed by atoms with E-state index in [1.165, 1.54) is 8.61 Å². The zero-order valence-electron chi connectivity index (χ0n) is 20.0. The van der Waals surface area contributed by atoms with Gasteiger partial charge in [0.1, 0.15) is 0 Å². The zero-order chi connectivity index (χ0) is 25.0. The second kappa shape index (κ2) is 9.12. The topological polar surface area (TPSA) is 95.0 Å². The summed E-state index contributed by atoms with van der Waals surface area (Å²) in [6.45, 7) is 5.13. The quantitative estimate of drug-likeness (QED) is 0.631. The van der Waals surface area contributed by atoms with E-state index in [0.717, 1.165) is 11.1 Å². The summed E-state index contributed by atoms with van der Waals surface area (Å²) >= 11 is 0. The molecule has 7 nitrogen and oxygen atoms in total. The standard InChI is InChI=1S/C26H32N2O5S2/c1-18-3-9-23(10-4-18)34(30,31)27-14-20-7-8-21-15-28(17-25(21)26(29)13-22(20)16-27)35(32,33)24-11-5-19(2)6-12-24/h3-12,20-22,25-26,29H,13-17H2,1-2H3/b8-7-. The predicted molar refractivity (Wildman–Crippen MR) is 134 cm³/mol. The Bertz CT molecular complexity index is 1320. The van der Waals surface area contributed by atoms with E-state index in [9.17, 15) is 21.9 Å². The van der Waals surface area contributed by atoms with Crippen LogP contribution in [-0.4, -0.2) is 62.8 Å². The van der Waals surface area contributed by atoms with Crippen LogP contribution < -0.4 is 0 Å². The molecule has 9 heteroatoms. The van der Waals surface area contributed by atoms with Crippen LogP contribution in [-0.2, 0) is 20.0 Å². The summed E-state index contributed by atoms with van der Waals surface area (Å²) in [6.07, 6.45) is 3.82. The molecule has 2 aromatic rings. The van der Waals surface area contributed by atoms with Gasteiger partial charge in [0.05, 0.1) is 15.9 Å². The molecule has 0 saturated carbocycles. The lowest BCUT2D eigenvalue weighted by Crippen LogP contribution is -2.34. The highest BCUT2D eigenvalue weighted by Gasteiger charge is 2.46. The molecule has 188 valence electrons. The Kier molecular flexibility index (Phi) is 6.42. The van der Waals surface area contributed by atoms with Crippen LogP contribution in [0.2, 0.25) is 0 Å². The molecule has 35 heavy (non-hydrogen) atoms. The number of aliphatic hydroxyl groups is 1. The molecule has 2 heterocycles. The van der Waals surface area contributed by atoms with Crippen molar-refractivity contribution in [3.8, 4) is 0 Å². The Morgan fingerprint density at radius 3 is 1.69 bits per heavy atom. The summed E-state index contributed by atoms with van der Waals surface area (Å²) in [6, 6.07) is 13.7. The van der Waals surface area contributed by atoms with Crippen LogP contribution in [0.25, 0.3) is 0 Å². The van der Waals surface area contributed by atoms with Gasteiger partial charge in [0.2, 0.25) is 20.0 Å². The Balaban J connectivity index is 1.34. The summed E-state index contributed by atoms with van der Waals surface area (Å²) in [5.74, 6) is -0.331. The molecule has 0 spiro atoms. The van der Waals surface area contributed by atoms with Crippen molar-refractivity contribution in [3.05, 3.63) is 71.8 Å². The van der Waals surface area contributed by atoms with E-state index in [0.29, 0.717) is 26.1 Å². The van der Waals surface area contributed by atoms with Gasteiger partial charge < -0.3 is 5.11 Å². The molecule has 5 atom stereocenters. The first-order valence-corrected chi connectivity index (χ1v) is 14.9. The Morgan fingerprint density at radius 1 is 0.686 bits per heavy atom. The molecule has 2 aliphatic heterocycles. The number of fused-ring (bicyclic) bond motifs is 2. The fraction of sp³-hybridized carbons (Fsp3) is 0.462. The number of rotatable bonds is 4. The van der Waals surface area contributed by atoms with Crippen molar-refractivity contribution in [3.63, 3.8) is 0 Å². The number of hydrogen-bond acceptors (Lipinski definition) is 5. The van der Waals surface area contributed by atoms with Gasteiger partial charge in [0.25, 0.3) is 0 Å². The molecule has 3 aliphatic rings. The minimum Gasteiger partial charge on any atom is -0.393 e. The Morgan fingerprint density at radius 2 is 1.14 bits per heavy atom. The van der Waals surface area contributed by atoms with Crippen LogP contribution in [0.3, 0.4) is 0 Å². The molecule has 2 saturated heterocycles. The average Bonchev–Trinajstić information content (AvgIpc) is 3.42. The molecule has 2 fully saturated rings. The first-order valence-electron chi connectivity index (χ1n) is 12.1. The van der Waals surface area contributed by atoms with Crippen LogP contribution in [0.4, 0.5) is 0 Å². The SMILES string of the molecule is Cc1ccc(S(=O)(=O)N2CC3/C=C\C4CN(S(=O)(=O)c5ccc(C)cc5)CC4C(O)CC3C2)cc1. The average molecular weight is 517 g/mol. The van der Waals surface area contributed by atoms with E-state index in [4.69, 9.17) is 0 Å². The number of sulfonamides is 2. The lowest BCUT2D eigenvalue weighted by Gasteiger charge is -2.28. The summed E-state index contributed by atoms with van der Waals surface area (Å²) in [5.41, 5.74) is 2.00. The van der Waals surface area contributed by atoms with Crippen molar-refractivity contribution in [2.45, 2.75) is 36.2 Å². The maximum absolute atomic E-state index is 13.2. The third-order valence-corrected chi connectivity index (χ3v) is 11.5. The molecule has 0 radical (unpaired) electrons. The van der Waals surface area contributed by atoms with Gasteiger partial charge in [0.15, 0.2) is 0 Å². The first-order chi connectivity index (χ1) is 16.6. The number of benzene rings is 2. The van der Waals surface area contributed by atoms with Crippen molar-refractivity contribution in [2.75, 3.05) is 26.2 Å². The maximum atomic E-state index is 13.2. The lowest BCUT2D eigenvalue weighted by atomic mass is 9.79. The number of aryl methyl sites for hydroxylation is 2.